The molecule has 9 aromatic carbocycles. The van der Waals surface area contributed by atoms with Crippen molar-refractivity contribution in [2.75, 3.05) is 0 Å². The van der Waals surface area contributed by atoms with Gasteiger partial charge in [-0.15, -0.1) is 0 Å². The molecule has 0 unspecified atom stereocenters. The third-order valence-electron chi connectivity index (χ3n) is 11.8. The summed E-state index contributed by atoms with van der Waals surface area (Å²) in [6.45, 7) is 0. The standard InChI is InChI=1S/C54H35N3/c1-2-13-36(14-3-1)37-25-27-38(28-26-37)39-15-12-16-40(33-39)55-52-24-11-7-20-46(52)48-34-41(30-32-53(48)55)57-51-23-10-6-19-45(51)47-31-29-42(35-54(47)57)56-49-21-8-4-17-43(49)44-18-5-9-22-50(44)56/h1-35H. The molecular weight excluding hydrogens is 691 g/mol. The first-order valence-corrected chi connectivity index (χ1v) is 19.6. The smallest absolute Gasteiger partial charge is 0.0561 e. The van der Waals surface area contributed by atoms with Crippen LogP contribution >= 0.6 is 0 Å². The molecule has 0 saturated carbocycles. The molecule has 3 aromatic heterocycles. The van der Waals surface area contributed by atoms with E-state index < -0.39 is 0 Å². The molecule has 0 radical (unpaired) electrons. The molecule has 0 N–H and O–H groups in total. The van der Waals surface area contributed by atoms with Crippen LogP contribution in [-0.2, 0) is 0 Å². The Morgan fingerprint density at radius 2 is 0.579 bits per heavy atom. The predicted octanol–water partition coefficient (Wildman–Crippen LogP) is 14.3. The van der Waals surface area contributed by atoms with Gasteiger partial charge in [-0.05, 0) is 89.0 Å². The quantitative estimate of drug-likeness (QED) is 0.168. The summed E-state index contributed by atoms with van der Waals surface area (Å²) < 4.78 is 7.28. The summed E-state index contributed by atoms with van der Waals surface area (Å²) in [4.78, 5) is 0. The average molecular weight is 726 g/mol. The maximum atomic E-state index is 2.45. The molecule has 0 aliphatic heterocycles. The van der Waals surface area contributed by atoms with E-state index in [9.17, 15) is 0 Å². The molecule has 0 atom stereocenters. The van der Waals surface area contributed by atoms with E-state index in [4.69, 9.17) is 0 Å². The van der Waals surface area contributed by atoms with E-state index in [1.165, 1.54) is 87.7 Å². The van der Waals surface area contributed by atoms with Gasteiger partial charge in [-0.2, -0.15) is 0 Å². The first kappa shape index (κ1) is 31.7. The topological polar surface area (TPSA) is 14.8 Å². The molecule has 0 aliphatic carbocycles. The van der Waals surface area contributed by atoms with E-state index in [-0.39, 0.29) is 0 Å². The fraction of sp³-hybridized carbons (Fsp3) is 0. The summed E-state index contributed by atoms with van der Waals surface area (Å²) in [5.74, 6) is 0. The van der Waals surface area contributed by atoms with Crippen molar-refractivity contribution in [2.45, 2.75) is 0 Å². The minimum absolute atomic E-state index is 1.14. The van der Waals surface area contributed by atoms with E-state index >= 15 is 0 Å². The molecule has 0 bridgehead atoms. The molecule has 12 rings (SSSR count). The SMILES string of the molecule is c1ccc(-c2ccc(-c3cccc(-n4c5ccccc5c5cc(-n6c7ccccc7c7ccc(-n8c9ccccc9c9ccccc98)cc76)ccc54)c3)cc2)cc1. The number of para-hydroxylation sites is 4. The van der Waals surface area contributed by atoms with E-state index in [0.29, 0.717) is 0 Å². The Hall–Kier alpha value is -7.62. The highest BCUT2D eigenvalue weighted by Gasteiger charge is 2.19. The van der Waals surface area contributed by atoms with Crippen LogP contribution in [-0.4, -0.2) is 13.7 Å². The normalized spacial score (nSPS) is 11.9. The fourth-order valence-electron chi connectivity index (χ4n) is 9.27. The number of aromatic nitrogens is 3. The maximum absolute atomic E-state index is 2.45. The van der Waals surface area contributed by atoms with Gasteiger partial charge >= 0.3 is 0 Å². The largest absolute Gasteiger partial charge is 0.309 e. The Kier molecular flexibility index (Phi) is 6.93. The number of hydrogen-bond acceptors (Lipinski definition) is 0. The van der Waals surface area contributed by atoms with Crippen molar-refractivity contribution in [1.82, 2.24) is 13.7 Å². The molecule has 0 fully saturated rings. The van der Waals surface area contributed by atoms with Crippen molar-refractivity contribution in [3.8, 4) is 39.3 Å². The third-order valence-corrected chi connectivity index (χ3v) is 11.8. The number of hydrogen-bond donors (Lipinski definition) is 0. The Labute approximate surface area is 329 Å². The summed E-state index contributed by atoms with van der Waals surface area (Å²) in [5.41, 5.74) is 15.5. The number of nitrogens with zero attached hydrogens (tertiary/aromatic N) is 3. The van der Waals surface area contributed by atoms with E-state index in [2.05, 4.69) is 226 Å². The van der Waals surface area contributed by atoms with Crippen LogP contribution in [0.25, 0.3) is 105 Å². The van der Waals surface area contributed by atoms with Gasteiger partial charge in [0.1, 0.15) is 0 Å². The lowest BCUT2D eigenvalue weighted by molar-refractivity contribution is 1.15. The maximum Gasteiger partial charge on any atom is 0.0561 e. The highest BCUT2D eigenvalue weighted by Crippen LogP contribution is 2.39. The van der Waals surface area contributed by atoms with Gasteiger partial charge in [-0.3, -0.25) is 0 Å². The van der Waals surface area contributed by atoms with Gasteiger partial charge in [-0.25, -0.2) is 0 Å². The molecule has 12 aromatic rings. The molecule has 0 amide bonds. The zero-order chi connectivity index (χ0) is 37.5. The van der Waals surface area contributed by atoms with Gasteiger partial charge in [0.2, 0.25) is 0 Å². The van der Waals surface area contributed by atoms with E-state index in [1.54, 1.807) is 0 Å². The van der Waals surface area contributed by atoms with Crippen LogP contribution in [0.15, 0.2) is 212 Å². The molecule has 57 heavy (non-hydrogen) atoms. The lowest BCUT2D eigenvalue weighted by atomic mass is 10.00. The summed E-state index contributed by atoms with van der Waals surface area (Å²) in [5, 5.41) is 7.48. The number of rotatable bonds is 5. The van der Waals surface area contributed by atoms with Crippen LogP contribution in [0.4, 0.5) is 0 Å². The second-order valence-corrected chi connectivity index (χ2v) is 15.0. The highest BCUT2D eigenvalue weighted by molar-refractivity contribution is 6.13. The van der Waals surface area contributed by atoms with Gasteiger partial charge in [0, 0.05) is 49.4 Å². The monoisotopic (exact) mass is 725 g/mol. The minimum atomic E-state index is 1.14. The summed E-state index contributed by atoms with van der Waals surface area (Å²) >= 11 is 0. The lowest BCUT2D eigenvalue weighted by Crippen LogP contribution is -1.97. The molecule has 3 heterocycles. The first-order chi connectivity index (χ1) is 28.3. The van der Waals surface area contributed by atoms with E-state index in [0.717, 1.165) is 17.1 Å². The molecule has 0 aliphatic rings. The first-order valence-electron chi connectivity index (χ1n) is 19.6. The second kappa shape index (κ2) is 12.5. The zero-order valence-electron chi connectivity index (χ0n) is 31.0. The lowest BCUT2D eigenvalue weighted by Gasteiger charge is -2.13. The van der Waals surface area contributed by atoms with Crippen molar-refractivity contribution in [1.29, 1.82) is 0 Å². The van der Waals surface area contributed by atoms with Gasteiger partial charge in [0.15, 0.2) is 0 Å². The Morgan fingerprint density at radius 3 is 1.18 bits per heavy atom. The Morgan fingerprint density at radius 1 is 0.193 bits per heavy atom. The van der Waals surface area contributed by atoms with Crippen molar-refractivity contribution in [2.24, 2.45) is 0 Å². The summed E-state index contributed by atoms with van der Waals surface area (Å²) in [6.07, 6.45) is 0. The van der Waals surface area contributed by atoms with Crippen LogP contribution in [0.3, 0.4) is 0 Å². The van der Waals surface area contributed by atoms with E-state index in [1.807, 2.05) is 0 Å². The minimum Gasteiger partial charge on any atom is -0.309 e. The fourth-order valence-corrected chi connectivity index (χ4v) is 9.27. The highest BCUT2D eigenvalue weighted by atomic mass is 15.0. The average Bonchev–Trinajstić information content (AvgIpc) is 3.92. The predicted molar refractivity (Wildman–Crippen MR) is 240 cm³/mol. The van der Waals surface area contributed by atoms with Crippen LogP contribution in [0, 0.1) is 0 Å². The van der Waals surface area contributed by atoms with Crippen LogP contribution in [0.5, 0.6) is 0 Å². The molecule has 0 saturated heterocycles. The van der Waals surface area contributed by atoms with Crippen molar-refractivity contribution < 1.29 is 0 Å². The second-order valence-electron chi connectivity index (χ2n) is 15.0. The van der Waals surface area contributed by atoms with Gasteiger partial charge in [0.05, 0.1) is 33.1 Å². The molecule has 3 nitrogen and oxygen atoms in total. The number of benzene rings is 9. The third kappa shape index (κ3) is 4.86. The molecule has 3 heteroatoms. The van der Waals surface area contributed by atoms with Crippen molar-refractivity contribution in [3.05, 3.63) is 212 Å². The summed E-state index contributed by atoms with van der Waals surface area (Å²) in [7, 11) is 0. The Bertz CT molecular complexity index is 3450. The van der Waals surface area contributed by atoms with Gasteiger partial charge < -0.3 is 13.7 Å². The molecule has 266 valence electrons. The van der Waals surface area contributed by atoms with Crippen LogP contribution in [0.2, 0.25) is 0 Å². The summed E-state index contributed by atoms with van der Waals surface area (Å²) in [6, 6.07) is 77.4. The van der Waals surface area contributed by atoms with Crippen molar-refractivity contribution in [3.63, 3.8) is 0 Å². The number of fused-ring (bicyclic) bond motifs is 9. The van der Waals surface area contributed by atoms with Crippen LogP contribution < -0.4 is 0 Å². The van der Waals surface area contributed by atoms with Gasteiger partial charge in [0.25, 0.3) is 0 Å². The Balaban J connectivity index is 1.03. The van der Waals surface area contributed by atoms with Crippen molar-refractivity contribution >= 4 is 65.4 Å². The zero-order valence-corrected chi connectivity index (χ0v) is 31.0. The molecular formula is C54H35N3. The van der Waals surface area contributed by atoms with Gasteiger partial charge in [-0.1, -0.05) is 146 Å². The molecule has 0 spiro atoms. The van der Waals surface area contributed by atoms with Crippen LogP contribution in [0.1, 0.15) is 0 Å².